The molecule has 7 heteroatoms. The molecule has 1 atom stereocenters. The third-order valence-electron chi connectivity index (χ3n) is 6.15. The van der Waals surface area contributed by atoms with Gasteiger partial charge in [-0.25, -0.2) is 9.78 Å². The van der Waals surface area contributed by atoms with Crippen molar-refractivity contribution in [1.82, 2.24) is 19.3 Å². The number of hydrogen-bond donors (Lipinski definition) is 0. The number of hydrogen-bond acceptors (Lipinski definition) is 6. The van der Waals surface area contributed by atoms with Gasteiger partial charge in [-0.05, 0) is 39.0 Å². The van der Waals surface area contributed by atoms with E-state index < -0.39 is 5.63 Å². The molecule has 0 saturated carbocycles. The van der Waals surface area contributed by atoms with Gasteiger partial charge >= 0.3 is 5.63 Å². The lowest BCUT2D eigenvalue weighted by Gasteiger charge is -2.40. The largest absolute Gasteiger partial charge is 0.422 e. The molecule has 4 heterocycles. The zero-order valence-electron chi connectivity index (χ0n) is 18.5. The summed E-state index contributed by atoms with van der Waals surface area (Å²) < 4.78 is 7.63. The summed E-state index contributed by atoms with van der Waals surface area (Å²) in [6, 6.07) is 8.25. The molecule has 3 aromatic heterocycles. The summed E-state index contributed by atoms with van der Waals surface area (Å²) in [5.41, 5.74) is 4.71. The van der Waals surface area contributed by atoms with Crippen molar-refractivity contribution in [1.29, 1.82) is 0 Å². The van der Waals surface area contributed by atoms with Crippen molar-refractivity contribution in [3.05, 3.63) is 58.5 Å². The van der Waals surface area contributed by atoms with Gasteiger partial charge in [-0.1, -0.05) is 5.92 Å². The molecular formula is C25H25N5O2. The second-order valence-electron chi connectivity index (χ2n) is 8.46. The molecule has 0 amide bonds. The monoisotopic (exact) mass is 427 g/mol. The van der Waals surface area contributed by atoms with E-state index in [1.165, 1.54) is 0 Å². The SMILES string of the molecule is C#CCN1CCN(c2ccc3cc(-c4cn5cc(C)nc(C)c5n4)c(=O)oc3c2)C[C@@H]1C. The van der Waals surface area contributed by atoms with Gasteiger partial charge in [0.1, 0.15) is 5.58 Å². The van der Waals surface area contributed by atoms with Gasteiger partial charge in [0.15, 0.2) is 5.65 Å². The molecule has 1 aromatic carbocycles. The van der Waals surface area contributed by atoms with Crippen molar-refractivity contribution >= 4 is 22.3 Å². The van der Waals surface area contributed by atoms with E-state index in [2.05, 4.69) is 38.7 Å². The van der Waals surface area contributed by atoms with Crippen LogP contribution >= 0.6 is 0 Å². The summed E-state index contributed by atoms with van der Waals surface area (Å²) in [6.07, 6.45) is 9.23. The van der Waals surface area contributed by atoms with Crippen LogP contribution in [0.25, 0.3) is 27.9 Å². The number of imidazole rings is 1. The molecule has 5 rings (SSSR count). The van der Waals surface area contributed by atoms with Gasteiger partial charge in [0.25, 0.3) is 0 Å². The number of terminal acetylenes is 1. The maximum Gasteiger partial charge on any atom is 0.345 e. The number of aromatic nitrogens is 3. The van der Waals surface area contributed by atoms with Gasteiger partial charge in [-0.3, -0.25) is 9.88 Å². The lowest BCUT2D eigenvalue weighted by Crippen LogP contribution is -2.52. The number of piperazine rings is 1. The third kappa shape index (κ3) is 3.53. The normalized spacial score (nSPS) is 17.2. The quantitative estimate of drug-likeness (QED) is 0.369. The first kappa shape index (κ1) is 20.3. The molecule has 7 nitrogen and oxygen atoms in total. The van der Waals surface area contributed by atoms with Gasteiger partial charge in [-0.2, -0.15) is 0 Å². The molecule has 0 radical (unpaired) electrons. The van der Waals surface area contributed by atoms with Gasteiger partial charge in [0, 0.05) is 55.2 Å². The van der Waals surface area contributed by atoms with Gasteiger partial charge < -0.3 is 13.7 Å². The number of anilines is 1. The Morgan fingerprint density at radius 3 is 2.81 bits per heavy atom. The van der Waals surface area contributed by atoms with Crippen LogP contribution in [0, 0.1) is 26.2 Å². The fraction of sp³-hybridized carbons (Fsp3) is 0.320. The maximum atomic E-state index is 12.8. The average molecular weight is 428 g/mol. The summed E-state index contributed by atoms with van der Waals surface area (Å²) in [6.45, 7) is 9.37. The minimum atomic E-state index is -0.396. The fourth-order valence-corrected chi connectivity index (χ4v) is 4.49. The Labute approximate surface area is 186 Å². The third-order valence-corrected chi connectivity index (χ3v) is 6.15. The Balaban J connectivity index is 1.49. The second-order valence-corrected chi connectivity index (χ2v) is 8.46. The predicted octanol–water partition coefficient (Wildman–Crippen LogP) is 3.26. The van der Waals surface area contributed by atoms with E-state index >= 15 is 0 Å². The highest BCUT2D eigenvalue weighted by Crippen LogP contribution is 2.27. The highest BCUT2D eigenvalue weighted by atomic mass is 16.4. The topological polar surface area (TPSA) is 66.9 Å². The van der Waals surface area contributed by atoms with Crippen molar-refractivity contribution in [2.24, 2.45) is 0 Å². The lowest BCUT2D eigenvalue weighted by atomic mass is 10.1. The molecule has 0 N–H and O–H groups in total. The highest BCUT2D eigenvalue weighted by molar-refractivity contribution is 5.84. The van der Waals surface area contributed by atoms with E-state index in [1.807, 2.05) is 48.8 Å². The molecule has 0 spiro atoms. The number of rotatable bonds is 3. The standard InChI is InChI=1S/C25H25N5O2/c1-5-8-28-9-10-29(14-17(28)3)20-7-6-19-11-21(25(31)32-23(19)12-20)22-15-30-13-16(2)26-18(4)24(30)27-22/h1,6-7,11-13,15,17H,8-10,14H2,2-4H3/t17-/m0/s1. The van der Waals surface area contributed by atoms with E-state index in [4.69, 9.17) is 10.8 Å². The number of benzene rings is 1. The minimum Gasteiger partial charge on any atom is -0.422 e. The van der Waals surface area contributed by atoms with Gasteiger partial charge in [-0.15, -0.1) is 6.42 Å². The Hall–Kier alpha value is -3.63. The molecule has 1 fully saturated rings. The summed E-state index contributed by atoms with van der Waals surface area (Å²) in [4.78, 5) is 26.5. The molecule has 4 aromatic rings. The molecule has 0 aliphatic carbocycles. The van der Waals surface area contributed by atoms with E-state index in [-0.39, 0.29) is 0 Å². The molecule has 0 unspecified atom stereocenters. The van der Waals surface area contributed by atoms with Gasteiger partial charge in [0.2, 0.25) is 0 Å². The Morgan fingerprint density at radius 2 is 2.03 bits per heavy atom. The average Bonchev–Trinajstić information content (AvgIpc) is 3.18. The van der Waals surface area contributed by atoms with Crippen LogP contribution in [0.15, 0.2) is 45.9 Å². The van der Waals surface area contributed by atoms with Crippen LogP contribution in [0.3, 0.4) is 0 Å². The first-order chi connectivity index (χ1) is 15.4. The van der Waals surface area contributed by atoms with Crippen LogP contribution in [0.1, 0.15) is 18.3 Å². The number of nitrogens with zero attached hydrogens (tertiary/aromatic N) is 5. The van der Waals surface area contributed by atoms with E-state index in [1.54, 1.807) is 0 Å². The van der Waals surface area contributed by atoms with Crippen LogP contribution in [-0.4, -0.2) is 51.5 Å². The first-order valence-electron chi connectivity index (χ1n) is 10.8. The van der Waals surface area contributed by atoms with E-state index in [0.717, 1.165) is 47.7 Å². The summed E-state index contributed by atoms with van der Waals surface area (Å²) in [7, 11) is 0. The maximum absolute atomic E-state index is 12.8. The first-order valence-corrected chi connectivity index (χ1v) is 10.8. The van der Waals surface area contributed by atoms with Crippen LogP contribution < -0.4 is 10.5 Å². The Kier molecular flexibility index (Phi) is 4.95. The molecule has 1 aliphatic rings. The molecule has 1 saturated heterocycles. The van der Waals surface area contributed by atoms with Crippen molar-refractivity contribution in [3.8, 4) is 23.6 Å². The van der Waals surface area contributed by atoms with Crippen LogP contribution in [0.5, 0.6) is 0 Å². The lowest BCUT2D eigenvalue weighted by molar-refractivity contribution is 0.213. The van der Waals surface area contributed by atoms with E-state index in [9.17, 15) is 4.79 Å². The number of fused-ring (bicyclic) bond motifs is 2. The summed E-state index contributed by atoms with van der Waals surface area (Å²) >= 11 is 0. The van der Waals surface area contributed by atoms with Crippen LogP contribution in [0.4, 0.5) is 5.69 Å². The summed E-state index contributed by atoms with van der Waals surface area (Å²) in [5.74, 6) is 2.73. The highest BCUT2D eigenvalue weighted by Gasteiger charge is 2.23. The summed E-state index contributed by atoms with van der Waals surface area (Å²) in [5, 5.41) is 0.866. The van der Waals surface area contributed by atoms with Crippen molar-refractivity contribution in [2.75, 3.05) is 31.1 Å². The zero-order chi connectivity index (χ0) is 22.4. The fourth-order valence-electron chi connectivity index (χ4n) is 4.49. The predicted molar refractivity (Wildman–Crippen MR) is 126 cm³/mol. The minimum absolute atomic E-state index is 0.363. The molecule has 162 valence electrons. The zero-order valence-corrected chi connectivity index (χ0v) is 18.5. The van der Waals surface area contributed by atoms with Gasteiger partial charge in [0.05, 0.1) is 29.2 Å². The second kappa shape index (κ2) is 7.81. The van der Waals surface area contributed by atoms with Crippen molar-refractivity contribution < 1.29 is 4.42 Å². The van der Waals surface area contributed by atoms with Crippen molar-refractivity contribution in [3.63, 3.8) is 0 Å². The molecule has 1 aliphatic heterocycles. The van der Waals surface area contributed by atoms with Crippen LogP contribution in [-0.2, 0) is 0 Å². The molecule has 0 bridgehead atoms. The molecule has 32 heavy (non-hydrogen) atoms. The molecular weight excluding hydrogens is 402 g/mol. The smallest absolute Gasteiger partial charge is 0.345 e. The van der Waals surface area contributed by atoms with Crippen molar-refractivity contribution in [2.45, 2.75) is 26.8 Å². The number of aryl methyl sites for hydroxylation is 2. The Morgan fingerprint density at radius 1 is 1.19 bits per heavy atom. The van der Waals surface area contributed by atoms with Crippen LogP contribution in [0.2, 0.25) is 0 Å². The van der Waals surface area contributed by atoms with E-state index in [0.29, 0.717) is 29.4 Å². The Bertz CT molecular complexity index is 1430.